The average molecular weight is 235 g/mol. The Morgan fingerprint density at radius 2 is 2.00 bits per heavy atom. The highest BCUT2D eigenvalue weighted by atomic mass is 16.2. The summed E-state index contributed by atoms with van der Waals surface area (Å²) in [7, 11) is 0. The topological polar surface area (TPSA) is 87.9 Å². The highest BCUT2D eigenvalue weighted by molar-refractivity contribution is 5.90. The van der Waals surface area contributed by atoms with E-state index in [0.717, 1.165) is 31.5 Å². The average Bonchev–Trinajstić information content (AvgIpc) is 3.07. The molecule has 3 rings (SSSR count). The standard InChI is InChI=1S/C11H17N5O/c12-8-3-5-16(6-4-8)11(17)10-13-9(14-15-10)7-1-2-7/h7-8H,1-6,12H2,(H,13,14,15). The van der Waals surface area contributed by atoms with Crippen LogP contribution in [0.3, 0.4) is 0 Å². The molecule has 0 aromatic carbocycles. The molecule has 1 saturated heterocycles. The summed E-state index contributed by atoms with van der Waals surface area (Å²) in [5.74, 6) is 1.60. The number of hydrogen-bond donors (Lipinski definition) is 2. The summed E-state index contributed by atoms with van der Waals surface area (Å²) < 4.78 is 0. The predicted molar refractivity (Wildman–Crippen MR) is 61.5 cm³/mol. The van der Waals surface area contributed by atoms with Gasteiger partial charge in [0.1, 0.15) is 5.82 Å². The molecule has 3 N–H and O–H groups in total. The second-order valence-corrected chi connectivity index (χ2v) is 4.95. The quantitative estimate of drug-likeness (QED) is 0.769. The molecule has 0 bridgehead atoms. The second kappa shape index (κ2) is 4.10. The van der Waals surface area contributed by atoms with Crippen molar-refractivity contribution in [3.63, 3.8) is 0 Å². The molecular weight excluding hydrogens is 218 g/mol. The number of hydrogen-bond acceptors (Lipinski definition) is 4. The number of H-pyrrole nitrogens is 1. The van der Waals surface area contributed by atoms with Crippen molar-refractivity contribution in [2.45, 2.75) is 37.6 Å². The Hall–Kier alpha value is -1.43. The lowest BCUT2D eigenvalue weighted by Crippen LogP contribution is -2.43. The number of amides is 1. The maximum Gasteiger partial charge on any atom is 0.293 e. The minimum absolute atomic E-state index is 0.0694. The Balaban J connectivity index is 1.67. The number of aromatic amines is 1. The number of carbonyl (C=O) groups is 1. The Morgan fingerprint density at radius 1 is 1.29 bits per heavy atom. The smallest absolute Gasteiger partial charge is 0.293 e. The van der Waals surface area contributed by atoms with Crippen LogP contribution in [-0.4, -0.2) is 45.1 Å². The SMILES string of the molecule is NC1CCN(C(=O)c2n[nH]c(C3CC3)n2)CC1. The maximum absolute atomic E-state index is 12.1. The van der Waals surface area contributed by atoms with E-state index in [2.05, 4.69) is 15.2 Å². The van der Waals surface area contributed by atoms with Crippen LogP contribution in [0.4, 0.5) is 0 Å². The number of nitrogens with zero attached hydrogens (tertiary/aromatic N) is 3. The number of carbonyl (C=O) groups excluding carboxylic acids is 1. The fraction of sp³-hybridized carbons (Fsp3) is 0.727. The number of nitrogens with one attached hydrogen (secondary N) is 1. The van der Waals surface area contributed by atoms with Crippen LogP contribution in [0, 0.1) is 0 Å². The van der Waals surface area contributed by atoms with E-state index in [0.29, 0.717) is 24.8 Å². The van der Waals surface area contributed by atoms with Gasteiger partial charge in [0.05, 0.1) is 0 Å². The third-order valence-electron chi connectivity index (χ3n) is 3.48. The zero-order valence-corrected chi connectivity index (χ0v) is 9.72. The van der Waals surface area contributed by atoms with Crippen molar-refractivity contribution in [1.82, 2.24) is 20.1 Å². The van der Waals surface area contributed by atoms with E-state index < -0.39 is 0 Å². The molecule has 92 valence electrons. The van der Waals surface area contributed by atoms with Crippen LogP contribution < -0.4 is 5.73 Å². The number of aromatic nitrogens is 3. The van der Waals surface area contributed by atoms with Gasteiger partial charge in [0, 0.05) is 25.0 Å². The van der Waals surface area contributed by atoms with Gasteiger partial charge in [0.25, 0.3) is 5.91 Å². The van der Waals surface area contributed by atoms with E-state index in [9.17, 15) is 4.79 Å². The lowest BCUT2D eigenvalue weighted by molar-refractivity contribution is 0.0702. The molecule has 0 spiro atoms. The van der Waals surface area contributed by atoms with Crippen LogP contribution >= 0.6 is 0 Å². The lowest BCUT2D eigenvalue weighted by atomic mass is 10.1. The summed E-state index contributed by atoms with van der Waals surface area (Å²) in [6.45, 7) is 1.43. The summed E-state index contributed by atoms with van der Waals surface area (Å²) in [6, 6.07) is 0.230. The normalized spacial score (nSPS) is 21.8. The first-order valence-electron chi connectivity index (χ1n) is 6.21. The van der Waals surface area contributed by atoms with Gasteiger partial charge in [0.15, 0.2) is 0 Å². The summed E-state index contributed by atoms with van der Waals surface area (Å²) >= 11 is 0. The number of nitrogens with two attached hydrogens (primary N) is 1. The molecule has 6 heteroatoms. The molecule has 0 unspecified atom stereocenters. The Bertz CT molecular complexity index is 417. The first-order chi connectivity index (χ1) is 8.24. The highest BCUT2D eigenvalue weighted by Gasteiger charge is 2.30. The van der Waals surface area contributed by atoms with Crippen LogP contribution in [0.15, 0.2) is 0 Å². The fourth-order valence-electron chi connectivity index (χ4n) is 2.15. The van der Waals surface area contributed by atoms with Crippen LogP contribution in [-0.2, 0) is 0 Å². The minimum atomic E-state index is -0.0694. The van der Waals surface area contributed by atoms with Gasteiger partial charge in [-0.15, -0.1) is 5.10 Å². The Morgan fingerprint density at radius 3 is 2.65 bits per heavy atom. The molecule has 2 heterocycles. The third kappa shape index (κ3) is 2.17. The van der Waals surface area contributed by atoms with E-state index in [4.69, 9.17) is 5.73 Å². The van der Waals surface area contributed by atoms with Crippen molar-refractivity contribution < 1.29 is 4.79 Å². The monoisotopic (exact) mass is 235 g/mol. The van der Waals surface area contributed by atoms with Crippen molar-refractivity contribution >= 4 is 5.91 Å². The van der Waals surface area contributed by atoms with Crippen LogP contribution in [0.2, 0.25) is 0 Å². The van der Waals surface area contributed by atoms with Gasteiger partial charge in [-0.3, -0.25) is 9.89 Å². The van der Waals surface area contributed by atoms with Crippen molar-refractivity contribution in [3.8, 4) is 0 Å². The zero-order chi connectivity index (χ0) is 11.8. The molecule has 2 fully saturated rings. The molecular formula is C11H17N5O. The fourth-order valence-corrected chi connectivity index (χ4v) is 2.15. The van der Waals surface area contributed by atoms with E-state index in [1.54, 1.807) is 4.90 Å². The Kier molecular flexibility index (Phi) is 2.58. The van der Waals surface area contributed by atoms with E-state index in [1.165, 1.54) is 0 Å². The summed E-state index contributed by atoms with van der Waals surface area (Å²) in [6.07, 6.45) is 4.04. The minimum Gasteiger partial charge on any atom is -0.336 e. The molecule has 17 heavy (non-hydrogen) atoms. The van der Waals surface area contributed by atoms with Crippen molar-refractivity contribution in [2.24, 2.45) is 5.73 Å². The predicted octanol–water partition coefficient (Wildman–Crippen LogP) is 0.245. The van der Waals surface area contributed by atoms with Crippen LogP contribution in [0.5, 0.6) is 0 Å². The van der Waals surface area contributed by atoms with E-state index >= 15 is 0 Å². The van der Waals surface area contributed by atoms with Gasteiger partial charge >= 0.3 is 0 Å². The highest BCUT2D eigenvalue weighted by Crippen LogP contribution is 2.37. The van der Waals surface area contributed by atoms with Crippen molar-refractivity contribution in [2.75, 3.05) is 13.1 Å². The van der Waals surface area contributed by atoms with E-state index in [1.807, 2.05) is 0 Å². The molecule has 0 atom stereocenters. The van der Waals surface area contributed by atoms with Crippen LogP contribution in [0.1, 0.15) is 48.0 Å². The first kappa shape index (κ1) is 10.7. The first-order valence-corrected chi connectivity index (χ1v) is 6.21. The zero-order valence-electron chi connectivity index (χ0n) is 9.72. The number of likely N-dealkylation sites (tertiary alicyclic amines) is 1. The molecule has 1 saturated carbocycles. The summed E-state index contributed by atoms with van der Waals surface area (Å²) in [5.41, 5.74) is 5.81. The van der Waals surface area contributed by atoms with Crippen molar-refractivity contribution in [1.29, 1.82) is 0 Å². The summed E-state index contributed by atoms with van der Waals surface area (Å²) in [5, 5.41) is 6.88. The molecule has 1 amide bonds. The molecule has 2 aliphatic rings. The Labute approximate surface area is 99.6 Å². The van der Waals surface area contributed by atoms with Gasteiger partial charge < -0.3 is 10.6 Å². The molecule has 1 aliphatic heterocycles. The molecule has 1 aromatic heterocycles. The van der Waals surface area contributed by atoms with Crippen LogP contribution in [0.25, 0.3) is 0 Å². The van der Waals surface area contributed by atoms with E-state index in [-0.39, 0.29) is 11.9 Å². The van der Waals surface area contributed by atoms with Gasteiger partial charge in [-0.05, 0) is 25.7 Å². The molecule has 1 aromatic rings. The number of rotatable bonds is 2. The van der Waals surface area contributed by atoms with Crippen molar-refractivity contribution in [3.05, 3.63) is 11.6 Å². The summed E-state index contributed by atoms with van der Waals surface area (Å²) in [4.78, 5) is 18.2. The largest absolute Gasteiger partial charge is 0.336 e. The molecule has 1 aliphatic carbocycles. The van der Waals surface area contributed by atoms with Gasteiger partial charge in [-0.1, -0.05) is 0 Å². The molecule has 0 radical (unpaired) electrons. The third-order valence-corrected chi connectivity index (χ3v) is 3.48. The number of piperidine rings is 1. The second-order valence-electron chi connectivity index (χ2n) is 4.95. The van der Waals surface area contributed by atoms with Gasteiger partial charge in [-0.2, -0.15) is 0 Å². The van der Waals surface area contributed by atoms with Gasteiger partial charge in [-0.25, -0.2) is 4.98 Å². The molecule has 6 nitrogen and oxygen atoms in total. The maximum atomic E-state index is 12.1. The lowest BCUT2D eigenvalue weighted by Gasteiger charge is -2.29. The van der Waals surface area contributed by atoms with Gasteiger partial charge in [0.2, 0.25) is 5.82 Å².